The van der Waals surface area contributed by atoms with Gasteiger partial charge in [0.05, 0.1) is 17.1 Å². The van der Waals surface area contributed by atoms with E-state index in [0.717, 1.165) is 5.56 Å². The molecule has 1 amide bonds. The van der Waals surface area contributed by atoms with Crippen LogP contribution in [0, 0.1) is 0 Å². The molecule has 0 aliphatic carbocycles. The van der Waals surface area contributed by atoms with Crippen LogP contribution in [0.1, 0.15) is 5.56 Å². The largest absolute Gasteiger partial charge is 0.324 e. The molecular formula is C8H5Cl2NO. The second-order valence-electron chi connectivity index (χ2n) is 2.61. The van der Waals surface area contributed by atoms with E-state index in [2.05, 4.69) is 5.32 Å². The first-order chi connectivity index (χ1) is 5.68. The summed E-state index contributed by atoms with van der Waals surface area (Å²) in [6, 6.07) is 3.37. The Labute approximate surface area is 79.5 Å². The maximum Gasteiger partial charge on any atom is 0.228 e. The first kappa shape index (κ1) is 7.90. The number of anilines is 1. The molecule has 2 nitrogen and oxygen atoms in total. The average molecular weight is 202 g/mol. The highest BCUT2D eigenvalue weighted by Gasteiger charge is 2.22. The zero-order valence-corrected chi connectivity index (χ0v) is 7.54. The summed E-state index contributed by atoms with van der Waals surface area (Å²) in [5.41, 5.74) is 1.46. The molecule has 0 spiro atoms. The van der Waals surface area contributed by atoms with E-state index in [1.807, 2.05) is 0 Å². The number of carbonyl (C=O) groups is 1. The molecule has 0 unspecified atom stereocenters. The maximum atomic E-state index is 11.0. The minimum absolute atomic E-state index is 0.0556. The van der Waals surface area contributed by atoms with Crippen molar-refractivity contribution in [1.29, 1.82) is 0 Å². The molecule has 1 N–H and O–H groups in total. The standard InChI is InChI=1S/C8H5Cl2NO/c9-5-1-2-6(10)8-4(5)3-7(12)11-8/h1-2H,3H2,(H,11,12). The van der Waals surface area contributed by atoms with Crippen molar-refractivity contribution in [3.8, 4) is 0 Å². The van der Waals surface area contributed by atoms with Crippen molar-refractivity contribution in [2.24, 2.45) is 0 Å². The molecule has 1 aromatic carbocycles. The van der Waals surface area contributed by atoms with E-state index in [-0.39, 0.29) is 5.91 Å². The van der Waals surface area contributed by atoms with Crippen molar-refractivity contribution < 1.29 is 4.79 Å². The summed E-state index contributed by atoms with van der Waals surface area (Å²) >= 11 is 11.7. The highest BCUT2D eigenvalue weighted by atomic mass is 35.5. The van der Waals surface area contributed by atoms with Crippen molar-refractivity contribution in [2.45, 2.75) is 6.42 Å². The Bertz CT molecular complexity index is 329. The zero-order valence-electron chi connectivity index (χ0n) is 6.03. The fourth-order valence-electron chi connectivity index (χ4n) is 1.25. The Morgan fingerprint density at radius 3 is 2.58 bits per heavy atom. The Balaban J connectivity index is 2.64. The molecular weight excluding hydrogens is 197 g/mol. The van der Waals surface area contributed by atoms with Crippen LogP contribution in [-0.2, 0) is 11.2 Å². The van der Waals surface area contributed by atoms with Gasteiger partial charge in [-0.05, 0) is 12.1 Å². The first-order valence-electron chi connectivity index (χ1n) is 3.45. The highest BCUT2D eigenvalue weighted by Crippen LogP contribution is 2.35. The van der Waals surface area contributed by atoms with E-state index in [1.54, 1.807) is 12.1 Å². The smallest absolute Gasteiger partial charge is 0.228 e. The fourth-order valence-corrected chi connectivity index (χ4v) is 1.69. The molecule has 0 radical (unpaired) electrons. The summed E-state index contributed by atoms with van der Waals surface area (Å²) in [6.07, 6.45) is 0.328. The van der Waals surface area contributed by atoms with Crippen molar-refractivity contribution in [2.75, 3.05) is 5.32 Å². The number of hydrogen-bond acceptors (Lipinski definition) is 1. The number of hydrogen-bond donors (Lipinski definition) is 1. The van der Waals surface area contributed by atoms with Gasteiger partial charge in [0.15, 0.2) is 0 Å². The third-order valence-electron chi connectivity index (χ3n) is 1.81. The second-order valence-corrected chi connectivity index (χ2v) is 3.42. The quantitative estimate of drug-likeness (QED) is 0.687. The number of halogens is 2. The van der Waals surface area contributed by atoms with Gasteiger partial charge in [0, 0.05) is 10.6 Å². The van der Waals surface area contributed by atoms with Crippen LogP contribution in [0.3, 0.4) is 0 Å². The van der Waals surface area contributed by atoms with Gasteiger partial charge in [-0.3, -0.25) is 4.79 Å². The molecule has 4 heteroatoms. The number of carbonyl (C=O) groups excluding carboxylic acids is 1. The van der Waals surface area contributed by atoms with Gasteiger partial charge in [0.2, 0.25) is 5.91 Å². The van der Waals surface area contributed by atoms with Crippen LogP contribution < -0.4 is 5.32 Å². The molecule has 0 saturated heterocycles. The van der Waals surface area contributed by atoms with E-state index < -0.39 is 0 Å². The van der Waals surface area contributed by atoms with Crippen molar-refractivity contribution >= 4 is 34.8 Å². The molecule has 0 bridgehead atoms. The van der Waals surface area contributed by atoms with Gasteiger partial charge in [-0.2, -0.15) is 0 Å². The number of rotatable bonds is 0. The zero-order chi connectivity index (χ0) is 8.72. The normalized spacial score (nSPS) is 14.3. The Morgan fingerprint density at radius 2 is 1.92 bits per heavy atom. The van der Waals surface area contributed by atoms with Gasteiger partial charge in [-0.25, -0.2) is 0 Å². The molecule has 0 aromatic heterocycles. The molecule has 1 aliphatic rings. The van der Waals surface area contributed by atoms with E-state index in [9.17, 15) is 4.79 Å². The highest BCUT2D eigenvalue weighted by molar-refractivity contribution is 6.37. The molecule has 0 saturated carbocycles. The first-order valence-corrected chi connectivity index (χ1v) is 4.21. The van der Waals surface area contributed by atoms with Crippen molar-refractivity contribution in [3.05, 3.63) is 27.7 Å². The minimum Gasteiger partial charge on any atom is -0.324 e. The lowest BCUT2D eigenvalue weighted by atomic mass is 10.2. The van der Waals surface area contributed by atoms with Gasteiger partial charge < -0.3 is 5.32 Å². The SMILES string of the molecule is O=C1Cc2c(Cl)ccc(Cl)c2N1. The van der Waals surface area contributed by atoms with E-state index in [0.29, 0.717) is 22.2 Å². The van der Waals surface area contributed by atoms with E-state index >= 15 is 0 Å². The molecule has 1 heterocycles. The van der Waals surface area contributed by atoms with Gasteiger partial charge in [0.1, 0.15) is 0 Å². The third-order valence-corrected chi connectivity index (χ3v) is 2.48. The van der Waals surface area contributed by atoms with Crippen LogP contribution >= 0.6 is 23.2 Å². The topological polar surface area (TPSA) is 29.1 Å². The molecule has 0 fully saturated rings. The monoisotopic (exact) mass is 201 g/mol. The molecule has 1 aliphatic heterocycles. The average Bonchev–Trinajstić information content (AvgIpc) is 2.41. The van der Waals surface area contributed by atoms with Crippen molar-refractivity contribution in [1.82, 2.24) is 0 Å². The van der Waals surface area contributed by atoms with E-state index in [1.165, 1.54) is 0 Å². The summed E-state index contributed by atoms with van der Waals surface area (Å²) in [6.45, 7) is 0. The summed E-state index contributed by atoms with van der Waals surface area (Å²) in [4.78, 5) is 11.0. The summed E-state index contributed by atoms with van der Waals surface area (Å²) in [7, 11) is 0. The predicted octanol–water partition coefficient (Wildman–Crippen LogP) is 2.49. The number of amides is 1. The van der Waals surface area contributed by atoms with Gasteiger partial charge in [0.25, 0.3) is 0 Å². The summed E-state index contributed by atoms with van der Waals surface area (Å²) in [5, 5.41) is 3.78. The molecule has 0 atom stereocenters. The van der Waals surface area contributed by atoms with Gasteiger partial charge >= 0.3 is 0 Å². The third kappa shape index (κ3) is 1.08. The van der Waals surface area contributed by atoms with Crippen LogP contribution in [-0.4, -0.2) is 5.91 Å². The fraction of sp³-hybridized carbons (Fsp3) is 0.125. The van der Waals surface area contributed by atoms with Crippen molar-refractivity contribution in [3.63, 3.8) is 0 Å². The second kappa shape index (κ2) is 2.64. The number of nitrogens with one attached hydrogen (secondary N) is 1. The van der Waals surface area contributed by atoms with Gasteiger partial charge in [-0.1, -0.05) is 23.2 Å². The maximum absolute atomic E-state index is 11.0. The Kier molecular flexibility index (Phi) is 1.74. The summed E-state index contributed by atoms with van der Waals surface area (Å²) < 4.78 is 0. The lowest BCUT2D eigenvalue weighted by Crippen LogP contribution is -2.03. The number of benzene rings is 1. The Hall–Kier alpha value is -0.730. The van der Waals surface area contributed by atoms with Crippen LogP contribution in [0.15, 0.2) is 12.1 Å². The minimum atomic E-state index is -0.0556. The Morgan fingerprint density at radius 1 is 1.25 bits per heavy atom. The van der Waals surface area contributed by atoms with Crippen LogP contribution in [0.25, 0.3) is 0 Å². The molecule has 2 rings (SSSR count). The van der Waals surface area contributed by atoms with Crippen LogP contribution in [0.4, 0.5) is 5.69 Å². The van der Waals surface area contributed by atoms with Gasteiger partial charge in [-0.15, -0.1) is 0 Å². The molecule has 12 heavy (non-hydrogen) atoms. The lowest BCUT2D eigenvalue weighted by Gasteiger charge is -2.01. The van der Waals surface area contributed by atoms with E-state index in [4.69, 9.17) is 23.2 Å². The lowest BCUT2D eigenvalue weighted by molar-refractivity contribution is -0.115. The predicted molar refractivity (Wildman–Crippen MR) is 48.8 cm³/mol. The van der Waals surface area contributed by atoms with Crippen LogP contribution in [0.2, 0.25) is 10.0 Å². The summed E-state index contributed by atoms with van der Waals surface area (Å²) in [5.74, 6) is -0.0556. The molecule has 1 aromatic rings. The molecule has 62 valence electrons. The van der Waals surface area contributed by atoms with Crippen LogP contribution in [0.5, 0.6) is 0 Å². The number of fused-ring (bicyclic) bond motifs is 1.